The van der Waals surface area contributed by atoms with Gasteiger partial charge in [-0.2, -0.15) is 0 Å². The van der Waals surface area contributed by atoms with Crippen molar-refractivity contribution in [1.29, 1.82) is 0 Å². The number of hydrogen-bond donors (Lipinski definition) is 0. The minimum atomic E-state index is -1.53. The van der Waals surface area contributed by atoms with E-state index in [9.17, 15) is 0 Å². The average Bonchev–Trinajstić information content (AvgIpc) is 3.68. The molecule has 0 saturated carbocycles. The zero-order chi connectivity index (χ0) is 51.2. The Bertz CT molecular complexity index is 3440. The Morgan fingerprint density at radius 3 is 1.54 bits per heavy atom. The number of aryl methyl sites for hydroxylation is 2. The van der Waals surface area contributed by atoms with E-state index in [0.717, 1.165) is 30.5 Å². The van der Waals surface area contributed by atoms with Crippen LogP contribution in [0.2, 0.25) is 19.6 Å². The van der Waals surface area contributed by atoms with E-state index in [1.165, 1.54) is 131 Å². The molecule has 0 amide bonds. The number of benzene rings is 6. The third kappa shape index (κ3) is 7.01. The smallest absolute Gasteiger partial charge is 0.297 e. The van der Waals surface area contributed by atoms with Gasteiger partial charge >= 0.3 is 0 Å². The highest BCUT2D eigenvalue weighted by Gasteiger charge is 2.49. The Morgan fingerprint density at radius 2 is 0.958 bits per heavy atom. The fraction of sp³-hybridized carbons (Fsp3) is 0.433. The van der Waals surface area contributed by atoms with Gasteiger partial charge in [0.05, 0.1) is 25.1 Å². The van der Waals surface area contributed by atoms with Crippen molar-refractivity contribution >= 4 is 81.7 Å². The zero-order valence-electron chi connectivity index (χ0n) is 46.9. The van der Waals surface area contributed by atoms with E-state index in [2.05, 4.69) is 223 Å². The summed E-state index contributed by atoms with van der Waals surface area (Å²) in [7, 11) is -1.53. The molecule has 2 aliphatic heterocycles. The van der Waals surface area contributed by atoms with Crippen molar-refractivity contribution in [3.8, 4) is 11.1 Å². The first-order chi connectivity index (χ1) is 33.6. The molecule has 12 rings (SSSR count). The minimum Gasteiger partial charge on any atom is -0.468 e. The summed E-state index contributed by atoms with van der Waals surface area (Å²) in [6.07, 6.45) is 7.00. The molecule has 0 saturated heterocycles. The third-order valence-corrected chi connectivity index (χ3v) is 21.4. The predicted octanol–water partition coefficient (Wildman–Crippen LogP) is 16.4. The lowest BCUT2D eigenvalue weighted by Gasteiger charge is -2.46. The summed E-state index contributed by atoms with van der Waals surface area (Å²) in [4.78, 5) is 5.35. The predicted molar refractivity (Wildman–Crippen MR) is 314 cm³/mol. The summed E-state index contributed by atoms with van der Waals surface area (Å²) >= 11 is 0. The number of fused-ring (bicyclic) bond motifs is 9. The van der Waals surface area contributed by atoms with Gasteiger partial charge in [0, 0.05) is 33.7 Å². The Hall–Kier alpha value is -5.26. The van der Waals surface area contributed by atoms with Crippen molar-refractivity contribution in [2.45, 2.75) is 188 Å². The van der Waals surface area contributed by atoms with Crippen LogP contribution in [0.25, 0.3) is 22.1 Å². The van der Waals surface area contributed by atoms with Crippen molar-refractivity contribution in [2.75, 3.05) is 9.80 Å². The molecule has 0 N–H and O–H groups in total. The minimum absolute atomic E-state index is 0.0245. The van der Waals surface area contributed by atoms with Gasteiger partial charge < -0.3 is 14.2 Å². The van der Waals surface area contributed by atoms with Crippen molar-refractivity contribution in [1.82, 2.24) is 0 Å². The summed E-state index contributed by atoms with van der Waals surface area (Å²) in [6.45, 7) is 41.4. The Labute approximate surface area is 433 Å². The SMILES string of the molecule is Cc1ccc2c(c1)N(c1cc3c(cc1-c1ccc([Si](C)(C)C)cc1)C(C)(C)CCC3(C)C)c1cc(C)cc3c1B2c1oc2cc4c(cc2c1N3c1ccc2c(c1)C(C)(C)CCC2(C)C)C(C)(C)CCC4(C)C. The molecule has 1 aromatic heterocycles. The maximum atomic E-state index is 7.66. The van der Waals surface area contributed by atoms with Crippen LogP contribution in [-0.4, -0.2) is 14.8 Å². The monoisotopic (exact) mass is 967 g/mol. The highest BCUT2D eigenvalue weighted by Crippen LogP contribution is 2.56. The van der Waals surface area contributed by atoms with Gasteiger partial charge in [-0.15, -0.1) is 0 Å². The van der Waals surface area contributed by atoms with Crippen LogP contribution < -0.4 is 31.6 Å². The Kier molecular flexibility index (Phi) is 10.1. The third-order valence-electron chi connectivity index (χ3n) is 19.3. The van der Waals surface area contributed by atoms with Crippen molar-refractivity contribution in [3.05, 3.63) is 142 Å². The molecule has 5 aliphatic rings. The first-order valence-corrected chi connectivity index (χ1v) is 31.0. The lowest BCUT2D eigenvalue weighted by molar-refractivity contribution is 0.332. The second-order valence-corrected chi connectivity index (χ2v) is 33.4. The van der Waals surface area contributed by atoms with Gasteiger partial charge in [0.25, 0.3) is 6.71 Å². The van der Waals surface area contributed by atoms with E-state index in [1.54, 1.807) is 0 Å². The molecule has 0 unspecified atom stereocenters. The van der Waals surface area contributed by atoms with E-state index in [1.807, 2.05) is 0 Å². The molecule has 0 atom stereocenters. The molecule has 0 bridgehead atoms. The van der Waals surface area contributed by atoms with Gasteiger partial charge in [-0.05, 0) is 200 Å². The Morgan fingerprint density at radius 1 is 0.458 bits per heavy atom. The second-order valence-electron chi connectivity index (χ2n) is 28.4. The van der Waals surface area contributed by atoms with Crippen LogP contribution in [0.3, 0.4) is 0 Å². The zero-order valence-corrected chi connectivity index (χ0v) is 47.9. The number of anilines is 6. The van der Waals surface area contributed by atoms with Crippen molar-refractivity contribution in [2.24, 2.45) is 0 Å². The molecule has 7 aromatic rings. The van der Waals surface area contributed by atoms with Gasteiger partial charge in [-0.3, -0.25) is 0 Å². The molecule has 72 heavy (non-hydrogen) atoms. The first-order valence-electron chi connectivity index (χ1n) is 27.5. The molecule has 3 nitrogen and oxygen atoms in total. The normalized spacial score (nSPS) is 20.3. The van der Waals surface area contributed by atoms with Crippen LogP contribution in [0.1, 0.15) is 166 Å². The van der Waals surface area contributed by atoms with Gasteiger partial charge in [0.2, 0.25) is 0 Å². The van der Waals surface area contributed by atoms with Gasteiger partial charge in [-0.1, -0.05) is 150 Å². The van der Waals surface area contributed by atoms with Crippen molar-refractivity contribution in [3.63, 3.8) is 0 Å². The van der Waals surface area contributed by atoms with Crippen LogP contribution in [0, 0.1) is 13.8 Å². The molecular formula is C67H79BN2OSi. The maximum absolute atomic E-state index is 7.66. The number of furan rings is 1. The highest BCUT2D eigenvalue weighted by molar-refractivity contribution is 7.00. The fourth-order valence-electron chi connectivity index (χ4n) is 14.2. The second kappa shape index (κ2) is 15.2. The number of rotatable bonds is 4. The van der Waals surface area contributed by atoms with Crippen molar-refractivity contribution < 1.29 is 4.42 Å². The topological polar surface area (TPSA) is 19.6 Å². The largest absolute Gasteiger partial charge is 0.468 e. The summed E-state index contributed by atoms with van der Waals surface area (Å²) < 4.78 is 7.66. The molecular weight excluding hydrogens is 888 g/mol. The lowest BCUT2D eigenvalue weighted by atomic mass is 9.35. The summed E-state index contributed by atoms with van der Waals surface area (Å²) in [5.41, 5.74) is 26.4. The lowest BCUT2D eigenvalue weighted by Crippen LogP contribution is -2.61. The quantitative estimate of drug-likeness (QED) is 0.164. The maximum Gasteiger partial charge on any atom is 0.297 e. The average molecular weight is 967 g/mol. The van der Waals surface area contributed by atoms with E-state index < -0.39 is 8.07 Å². The summed E-state index contributed by atoms with van der Waals surface area (Å²) in [5, 5.41) is 2.71. The van der Waals surface area contributed by atoms with Crippen LogP contribution in [-0.2, 0) is 32.5 Å². The summed E-state index contributed by atoms with van der Waals surface area (Å²) in [5.74, 6) is 0. The van der Waals surface area contributed by atoms with Gasteiger partial charge in [0.15, 0.2) is 0 Å². The van der Waals surface area contributed by atoms with Gasteiger partial charge in [0.1, 0.15) is 5.58 Å². The van der Waals surface area contributed by atoms with Crippen LogP contribution in [0.4, 0.5) is 34.1 Å². The molecule has 3 heterocycles. The van der Waals surface area contributed by atoms with Crippen LogP contribution in [0.5, 0.6) is 0 Å². The first kappa shape index (κ1) is 47.7. The van der Waals surface area contributed by atoms with Crippen LogP contribution in [0.15, 0.2) is 101 Å². The molecule has 5 heteroatoms. The molecule has 0 fully saturated rings. The van der Waals surface area contributed by atoms with E-state index in [-0.39, 0.29) is 39.2 Å². The fourth-order valence-corrected chi connectivity index (χ4v) is 15.4. The van der Waals surface area contributed by atoms with Gasteiger partial charge in [-0.25, -0.2) is 0 Å². The van der Waals surface area contributed by atoms with E-state index in [4.69, 9.17) is 4.42 Å². The van der Waals surface area contributed by atoms with Crippen LogP contribution >= 0.6 is 0 Å². The Balaban J connectivity index is 1.19. The number of nitrogens with zero attached hydrogens (tertiary/aromatic N) is 2. The standard InChI is InChI=1S/C67H79BN2OSi/c1-40-18-25-53-55(32-40)70(54-38-51-49(64(7,8)28-30-66(51,11)12)36-45(54)42-19-22-44(23-20-42)72(15,16)17)57-34-41(2)33-56-59(57)68(53)61-60(46-37-50-52(39-58(46)71-61)67(13,14)31-29-65(50,9)10)69(56)43-21-24-47-48(35-43)63(5,6)27-26-62(47,3)4/h18-25,32-39H,26-31H2,1-17H3. The molecule has 0 spiro atoms. The molecule has 0 radical (unpaired) electrons. The van der Waals surface area contributed by atoms with E-state index in [0.29, 0.717) is 0 Å². The molecule has 6 aromatic carbocycles. The number of hydrogen-bond acceptors (Lipinski definition) is 3. The molecule has 370 valence electrons. The summed E-state index contributed by atoms with van der Waals surface area (Å²) in [6, 6.07) is 39.7. The molecule has 3 aliphatic carbocycles. The van der Waals surface area contributed by atoms with E-state index >= 15 is 0 Å². The highest BCUT2D eigenvalue weighted by atomic mass is 28.3.